The molecular formula is C17H18ClFN4O4S. The molecule has 0 radical (unpaired) electrons. The molecule has 150 valence electrons. The Bertz CT molecular complexity index is 1110. The Morgan fingerprint density at radius 3 is 2.36 bits per heavy atom. The number of hydrogen-bond acceptors (Lipinski definition) is 7. The number of ether oxygens (including phenoxy) is 2. The Morgan fingerprint density at radius 1 is 1.04 bits per heavy atom. The van der Waals surface area contributed by atoms with Gasteiger partial charge >= 0.3 is 0 Å². The number of nitrogens with zero attached hydrogens (tertiary/aromatic N) is 2. The molecule has 0 fully saturated rings. The van der Waals surface area contributed by atoms with E-state index in [1.165, 1.54) is 39.7 Å². The minimum Gasteiger partial charge on any atom is -0.493 e. The Kier molecular flexibility index (Phi) is 6.60. The first-order valence-electron chi connectivity index (χ1n) is 7.76. The third-order valence-corrected chi connectivity index (χ3v) is 5.32. The molecule has 0 saturated heterocycles. The number of methoxy groups -OCH3 is 2. The van der Waals surface area contributed by atoms with Gasteiger partial charge < -0.3 is 14.8 Å². The van der Waals surface area contributed by atoms with Gasteiger partial charge in [-0.2, -0.15) is 0 Å². The van der Waals surface area contributed by atoms with Crippen LogP contribution in [0.15, 0.2) is 41.6 Å². The number of fused-ring (bicyclic) bond motifs is 1. The fraction of sp³-hybridized carbons (Fsp3) is 0.176. The van der Waals surface area contributed by atoms with E-state index in [0.29, 0.717) is 33.9 Å². The summed E-state index contributed by atoms with van der Waals surface area (Å²) in [6.45, 7) is 0. The summed E-state index contributed by atoms with van der Waals surface area (Å²) in [4.78, 5) is 7.92. The maximum Gasteiger partial charge on any atom is 0.243 e. The molecule has 3 rings (SSSR count). The molecule has 0 unspecified atom stereocenters. The highest BCUT2D eigenvalue weighted by atomic mass is 35.5. The molecule has 0 aliphatic rings. The highest BCUT2D eigenvalue weighted by molar-refractivity contribution is 7.89. The zero-order valence-electron chi connectivity index (χ0n) is 15.2. The lowest BCUT2D eigenvalue weighted by atomic mass is 10.2. The third-order valence-electron chi connectivity index (χ3n) is 3.89. The second kappa shape index (κ2) is 8.55. The lowest BCUT2D eigenvalue weighted by Crippen LogP contribution is -2.20. The maximum atomic E-state index is 13.9. The third kappa shape index (κ3) is 4.08. The first-order chi connectivity index (χ1) is 12.9. The summed E-state index contributed by atoms with van der Waals surface area (Å²) in [5, 5.41) is 3.62. The Hall–Kier alpha value is -2.69. The van der Waals surface area contributed by atoms with Gasteiger partial charge in [0.15, 0.2) is 11.5 Å². The highest BCUT2D eigenvalue weighted by Crippen LogP contribution is 2.34. The Balaban J connectivity index is 0.00000280. The van der Waals surface area contributed by atoms with Crippen molar-refractivity contribution >= 4 is 44.8 Å². The van der Waals surface area contributed by atoms with Gasteiger partial charge in [0, 0.05) is 17.1 Å². The fourth-order valence-corrected chi connectivity index (χ4v) is 3.34. The molecule has 0 spiro atoms. The predicted octanol–water partition coefficient (Wildman–Crippen LogP) is 2.86. The first-order valence-corrected chi connectivity index (χ1v) is 9.24. The fourth-order valence-electron chi connectivity index (χ4n) is 2.52. The van der Waals surface area contributed by atoms with Crippen molar-refractivity contribution in [1.29, 1.82) is 0 Å². The summed E-state index contributed by atoms with van der Waals surface area (Å²) in [6, 6.07) is 7.07. The van der Waals surface area contributed by atoms with Gasteiger partial charge in [0.2, 0.25) is 10.0 Å². The van der Waals surface area contributed by atoms with Crippen molar-refractivity contribution in [3.8, 4) is 11.5 Å². The van der Waals surface area contributed by atoms with Crippen molar-refractivity contribution in [2.24, 2.45) is 0 Å². The quantitative estimate of drug-likeness (QED) is 0.622. The molecule has 2 N–H and O–H groups in total. The normalized spacial score (nSPS) is 11.0. The average Bonchev–Trinajstić information content (AvgIpc) is 2.68. The Morgan fingerprint density at radius 2 is 1.71 bits per heavy atom. The molecule has 0 aliphatic carbocycles. The van der Waals surface area contributed by atoms with Crippen LogP contribution in [0.4, 0.5) is 15.9 Å². The number of aromatic nitrogens is 2. The number of halogens is 2. The Labute approximate surface area is 167 Å². The van der Waals surface area contributed by atoms with E-state index in [0.717, 1.165) is 6.07 Å². The van der Waals surface area contributed by atoms with Crippen LogP contribution in [-0.2, 0) is 10.0 Å². The number of hydrogen-bond donors (Lipinski definition) is 2. The summed E-state index contributed by atoms with van der Waals surface area (Å²) >= 11 is 0. The van der Waals surface area contributed by atoms with Crippen molar-refractivity contribution in [2.75, 3.05) is 26.6 Å². The van der Waals surface area contributed by atoms with E-state index in [2.05, 4.69) is 20.0 Å². The maximum absolute atomic E-state index is 13.9. The second-order valence-electron chi connectivity index (χ2n) is 5.42. The van der Waals surface area contributed by atoms with Crippen LogP contribution in [-0.4, -0.2) is 39.7 Å². The van der Waals surface area contributed by atoms with Crippen molar-refractivity contribution in [1.82, 2.24) is 14.7 Å². The molecule has 3 aromatic rings. The zero-order chi connectivity index (χ0) is 19.6. The van der Waals surface area contributed by atoms with Crippen LogP contribution in [0.5, 0.6) is 11.5 Å². The summed E-state index contributed by atoms with van der Waals surface area (Å²) in [5.41, 5.74) is 0.940. The van der Waals surface area contributed by atoms with Crippen LogP contribution in [0.1, 0.15) is 0 Å². The van der Waals surface area contributed by atoms with Crippen molar-refractivity contribution < 1.29 is 22.3 Å². The molecule has 8 nitrogen and oxygen atoms in total. The summed E-state index contributed by atoms with van der Waals surface area (Å²) in [6.07, 6.45) is 1.35. The topological polar surface area (TPSA) is 102 Å². The largest absolute Gasteiger partial charge is 0.493 e. The minimum absolute atomic E-state index is 0. The van der Waals surface area contributed by atoms with Gasteiger partial charge in [-0.1, -0.05) is 0 Å². The summed E-state index contributed by atoms with van der Waals surface area (Å²) in [7, 11) is 0.304. The summed E-state index contributed by atoms with van der Waals surface area (Å²) < 4.78 is 50.5. The van der Waals surface area contributed by atoms with Crippen LogP contribution in [0.2, 0.25) is 0 Å². The minimum atomic E-state index is -3.94. The standard InChI is InChI=1S/C17H17FN4O4S.ClH/c1-19-27(23,24)16-6-10(4-5-12(16)18)22-17-11-7-14(25-2)15(26-3)8-13(11)20-9-21-17;/h4-9,19H,1-3H3,(H,20,21,22);1H. The van der Waals surface area contributed by atoms with E-state index in [1.807, 2.05) is 0 Å². The molecule has 28 heavy (non-hydrogen) atoms. The predicted molar refractivity (Wildman–Crippen MR) is 106 cm³/mol. The van der Waals surface area contributed by atoms with E-state index < -0.39 is 20.7 Å². The van der Waals surface area contributed by atoms with Crippen LogP contribution < -0.4 is 19.5 Å². The zero-order valence-corrected chi connectivity index (χ0v) is 16.8. The van der Waals surface area contributed by atoms with E-state index in [4.69, 9.17) is 9.47 Å². The van der Waals surface area contributed by atoms with E-state index in [9.17, 15) is 12.8 Å². The molecule has 0 saturated carbocycles. The molecule has 0 bridgehead atoms. The molecule has 0 aliphatic heterocycles. The van der Waals surface area contributed by atoms with Crippen LogP contribution in [0, 0.1) is 5.82 Å². The number of rotatable bonds is 6. The summed E-state index contributed by atoms with van der Waals surface area (Å²) in [5.74, 6) is 0.549. The first kappa shape index (κ1) is 21.6. The molecular weight excluding hydrogens is 411 g/mol. The van der Waals surface area contributed by atoms with E-state index in [-0.39, 0.29) is 12.4 Å². The van der Waals surface area contributed by atoms with Crippen LogP contribution in [0.3, 0.4) is 0 Å². The van der Waals surface area contributed by atoms with Crippen molar-refractivity contribution in [3.05, 3.63) is 42.5 Å². The molecule has 0 amide bonds. The number of sulfonamides is 1. The van der Waals surface area contributed by atoms with E-state index in [1.54, 1.807) is 12.1 Å². The lowest BCUT2D eigenvalue weighted by Gasteiger charge is -2.13. The van der Waals surface area contributed by atoms with Crippen LogP contribution in [0.25, 0.3) is 10.9 Å². The van der Waals surface area contributed by atoms with Crippen LogP contribution >= 0.6 is 12.4 Å². The molecule has 1 aromatic heterocycles. The van der Waals surface area contributed by atoms with Gasteiger partial charge in [0.05, 0.1) is 19.7 Å². The van der Waals surface area contributed by atoms with Gasteiger partial charge in [0.25, 0.3) is 0 Å². The number of anilines is 2. The smallest absolute Gasteiger partial charge is 0.243 e. The average molecular weight is 429 g/mol. The van der Waals surface area contributed by atoms with Gasteiger partial charge in [-0.05, 0) is 31.3 Å². The van der Waals surface area contributed by atoms with Gasteiger partial charge in [-0.25, -0.2) is 27.5 Å². The number of benzene rings is 2. The second-order valence-corrected chi connectivity index (χ2v) is 7.28. The monoisotopic (exact) mass is 428 g/mol. The van der Waals surface area contributed by atoms with Crippen molar-refractivity contribution in [2.45, 2.75) is 4.90 Å². The van der Waals surface area contributed by atoms with Gasteiger partial charge in [-0.3, -0.25) is 0 Å². The highest BCUT2D eigenvalue weighted by Gasteiger charge is 2.18. The number of nitrogens with one attached hydrogen (secondary N) is 2. The van der Waals surface area contributed by atoms with Gasteiger partial charge in [-0.15, -0.1) is 12.4 Å². The molecule has 1 heterocycles. The van der Waals surface area contributed by atoms with E-state index >= 15 is 0 Å². The SMILES string of the molecule is CNS(=O)(=O)c1cc(Nc2ncnc3cc(OC)c(OC)cc23)ccc1F.Cl. The lowest BCUT2D eigenvalue weighted by molar-refractivity contribution is 0.356. The van der Waals surface area contributed by atoms with Crippen molar-refractivity contribution in [3.63, 3.8) is 0 Å². The van der Waals surface area contributed by atoms with Gasteiger partial charge in [0.1, 0.15) is 22.9 Å². The molecule has 2 aromatic carbocycles. The molecule has 11 heteroatoms. The molecule has 0 atom stereocenters.